The zero-order chi connectivity index (χ0) is 11.2. The van der Waals surface area contributed by atoms with Gasteiger partial charge >= 0.3 is 0 Å². The predicted molar refractivity (Wildman–Crippen MR) is 70.2 cm³/mol. The van der Waals surface area contributed by atoms with E-state index in [4.69, 9.17) is 0 Å². The number of hydrogen-bond donors (Lipinski definition) is 1. The molecule has 0 fully saturated rings. The summed E-state index contributed by atoms with van der Waals surface area (Å²) in [5.41, 5.74) is 2.68. The Hall–Kier alpha value is -1.39. The molecular formula is C12H17ClN4. The number of benzene rings is 1. The summed E-state index contributed by atoms with van der Waals surface area (Å²) in [5.74, 6) is 0. The number of nitrogens with zero attached hydrogens (tertiary/aromatic N) is 3. The average molecular weight is 253 g/mol. The Kier molecular flexibility index (Phi) is 5.66. The summed E-state index contributed by atoms with van der Waals surface area (Å²) in [4.78, 5) is 3.90. The lowest BCUT2D eigenvalue weighted by Crippen LogP contribution is -2.20. The summed E-state index contributed by atoms with van der Waals surface area (Å²) in [6, 6.07) is 8.42. The van der Waals surface area contributed by atoms with Crippen LogP contribution in [0.4, 0.5) is 0 Å². The third kappa shape index (κ3) is 4.17. The van der Waals surface area contributed by atoms with Gasteiger partial charge in [0.25, 0.3) is 0 Å². The van der Waals surface area contributed by atoms with Crippen LogP contribution in [0.3, 0.4) is 0 Å². The molecule has 0 radical (unpaired) electrons. The largest absolute Gasteiger partial charge is 0.311 e. The van der Waals surface area contributed by atoms with Crippen molar-refractivity contribution in [3.05, 3.63) is 48.0 Å². The molecule has 0 bridgehead atoms. The molecule has 0 amide bonds. The van der Waals surface area contributed by atoms with Crippen LogP contribution < -0.4 is 5.32 Å². The van der Waals surface area contributed by atoms with Gasteiger partial charge in [-0.3, -0.25) is 4.68 Å². The molecule has 5 heteroatoms. The lowest BCUT2D eigenvalue weighted by atomic mass is 10.1. The van der Waals surface area contributed by atoms with Crippen LogP contribution in [0.1, 0.15) is 11.1 Å². The summed E-state index contributed by atoms with van der Waals surface area (Å²) in [6.45, 7) is 4.79. The minimum Gasteiger partial charge on any atom is -0.311 e. The summed E-state index contributed by atoms with van der Waals surface area (Å²) >= 11 is 0. The fourth-order valence-electron chi connectivity index (χ4n) is 1.57. The smallest absolute Gasteiger partial charge is 0.137 e. The first kappa shape index (κ1) is 13.7. The average Bonchev–Trinajstić information content (AvgIpc) is 2.79. The highest BCUT2D eigenvalue weighted by Gasteiger charge is 1.96. The number of aryl methyl sites for hydroxylation is 1. The van der Waals surface area contributed by atoms with E-state index >= 15 is 0 Å². The van der Waals surface area contributed by atoms with Crippen molar-refractivity contribution in [2.45, 2.75) is 20.0 Å². The zero-order valence-corrected chi connectivity index (χ0v) is 10.7. The van der Waals surface area contributed by atoms with E-state index in [1.54, 1.807) is 12.7 Å². The number of rotatable bonds is 5. The molecule has 0 aliphatic rings. The molecule has 1 heterocycles. The number of aromatic nitrogens is 3. The first-order valence-electron chi connectivity index (χ1n) is 5.44. The molecule has 0 atom stereocenters. The van der Waals surface area contributed by atoms with Gasteiger partial charge in [0, 0.05) is 13.1 Å². The molecule has 0 saturated carbocycles. The third-order valence-electron chi connectivity index (χ3n) is 2.56. The highest BCUT2D eigenvalue weighted by Crippen LogP contribution is 2.05. The van der Waals surface area contributed by atoms with E-state index < -0.39 is 0 Å². The molecule has 0 saturated heterocycles. The molecule has 4 nitrogen and oxygen atoms in total. The van der Waals surface area contributed by atoms with Crippen molar-refractivity contribution >= 4 is 12.4 Å². The second kappa shape index (κ2) is 7.04. The van der Waals surface area contributed by atoms with E-state index in [9.17, 15) is 0 Å². The van der Waals surface area contributed by atoms with Crippen molar-refractivity contribution in [2.24, 2.45) is 0 Å². The van der Waals surface area contributed by atoms with E-state index in [1.165, 1.54) is 11.1 Å². The maximum Gasteiger partial charge on any atom is 0.137 e. The van der Waals surface area contributed by atoms with Crippen LogP contribution in [0.5, 0.6) is 0 Å². The quantitative estimate of drug-likeness (QED) is 0.826. The molecule has 2 rings (SSSR count). The van der Waals surface area contributed by atoms with Crippen molar-refractivity contribution in [3.8, 4) is 0 Å². The monoisotopic (exact) mass is 252 g/mol. The number of hydrogen-bond acceptors (Lipinski definition) is 3. The Morgan fingerprint density at radius 3 is 2.82 bits per heavy atom. The van der Waals surface area contributed by atoms with Crippen LogP contribution in [0.25, 0.3) is 0 Å². The normalized spacial score (nSPS) is 9.94. The van der Waals surface area contributed by atoms with Crippen molar-refractivity contribution in [1.29, 1.82) is 0 Å². The van der Waals surface area contributed by atoms with Crippen molar-refractivity contribution < 1.29 is 0 Å². The first-order chi connectivity index (χ1) is 7.86. The Bertz CT molecular complexity index is 428. The van der Waals surface area contributed by atoms with E-state index in [2.05, 4.69) is 46.6 Å². The third-order valence-corrected chi connectivity index (χ3v) is 2.56. The van der Waals surface area contributed by atoms with Gasteiger partial charge < -0.3 is 5.32 Å². The molecule has 17 heavy (non-hydrogen) atoms. The van der Waals surface area contributed by atoms with Gasteiger partial charge in [0.1, 0.15) is 12.7 Å². The SMILES string of the molecule is Cc1ccccc1CNCCn1cncn1.Cl. The zero-order valence-electron chi connectivity index (χ0n) is 9.84. The molecule has 1 aromatic heterocycles. The van der Waals surface area contributed by atoms with Crippen LogP contribution in [0.15, 0.2) is 36.9 Å². The number of halogens is 1. The van der Waals surface area contributed by atoms with Gasteiger partial charge in [-0.25, -0.2) is 4.98 Å². The topological polar surface area (TPSA) is 42.7 Å². The molecule has 0 unspecified atom stereocenters. The fourth-order valence-corrected chi connectivity index (χ4v) is 1.57. The minimum absolute atomic E-state index is 0. The lowest BCUT2D eigenvalue weighted by Gasteiger charge is -2.07. The maximum absolute atomic E-state index is 4.04. The Morgan fingerprint density at radius 2 is 2.12 bits per heavy atom. The van der Waals surface area contributed by atoms with Gasteiger partial charge in [-0.2, -0.15) is 5.10 Å². The van der Waals surface area contributed by atoms with Crippen LogP contribution in [-0.2, 0) is 13.1 Å². The number of nitrogens with one attached hydrogen (secondary N) is 1. The fraction of sp³-hybridized carbons (Fsp3) is 0.333. The lowest BCUT2D eigenvalue weighted by molar-refractivity contribution is 0.553. The molecule has 0 aliphatic heterocycles. The summed E-state index contributed by atoms with van der Waals surface area (Å²) in [6.07, 6.45) is 3.29. The molecule has 1 aromatic carbocycles. The summed E-state index contributed by atoms with van der Waals surface area (Å²) in [7, 11) is 0. The standard InChI is InChI=1S/C12H16N4.ClH/c1-11-4-2-3-5-12(11)8-13-6-7-16-10-14-9-15-16;/h2-5,9-10,13H,6-8H2,1H3;1H. The Balaban J connectivity index is 0.00000144. The van der Waals surface area contributed by atoms with E-state index in [0.29, 0.717) is 0 Å². The van der Waals surface area contributed by atoms with Crippen LogP contribution in [0, 0.1) is 6.92 Å². The van der Waals surface area contributed by atoms with Gasteiger partial charge in [-0.05, 0) is 18.1 Å². The molecule has 2 aromatic rings. The molecule has 0 spiro atoms. The van der Waals surface area contributed by atoms with Crippen LogP contribution in [-0.4, -0.2) is 21.3 Å². The molecule has 1 N–H and O–H groups in total. The Labute approximate surface area is 107 Å². The summed E-state index contributed by atoms with van der Waals surface area (Å²) < 4.78 is 1.82. The second-order valence-corrected chi connectivity index (χ2v) is 3.76. The van der Waals surface area contributed by atoms with Crippen LogP contribution in [0.2, 0.25) is 0 Å². The van der Waals surface area contributed by atoms with Crippen molar-refractivity contribution in [1.82, 2.24) is 20.1 Å². The first-order valence-corrected chi connectivity index (χ1v) is 5.44. The van der Waals surface area contributed by atoms with Gasteiger partial charge in [-0.1, -0.05) is 24.3 Å². The predicted octanol–water partition coefficient (Wildman–Crippen LogP) is 1.80. The van der Waals surface area contributed by atoms with E-state index in [1.807, 2.05) is 4.68 Å². The van der Waals surface area contributed by atoms with Gasteiger partial charge in [0.15, 0.2) is 0 Å². The highest BCUT2D eigenvalue weighted by atomic mass is 35.5. The second-order valence-electron chi connectivity index (χ2n) is 3.76. The summed E-state index contributed by atoms with van der Waals surface area (Å²) in [5, 5.41) is 7.44. The molecular weight excluding hydrogens is 236 g/mol. The Morgan fingerprint density at radius 1 is 1.29 bits per heavy atom. The molecule has 92 valence electrons. The van der Waals surface area contributed by atoms with Crippen molar-refractivity contribution in [3.63, 3.8) is 0 Å². The van der Waals surface area contributed by atoms with E-state index in [-0.39, 0.29) is 12.4 Å². The van der Waals surface area contributed by atoms with Crippen molar-refractivity contribution in [2.75, 3.05) is 6.54 Å². The highest BCUT2D eigenvalue weighted by molar-refractivity contribution is 5.85. The van der Waals surface area contributed by atoms with Crippen LogP contribution >= 0.6 is 12.4 Å². The van der Waals surface area contributed by atoms with Gasteiger partial charge in [-0.15, -0.1) is 12.4 Å². The molecule has 0 aliphatic carbocycles. The maximum atomic E-state index is 4.04. The minimum atomic E-state index is 0. The van der Waals surface area contributed by atoms with Gasteiger partial charge in [0.05, 0.1) is 6.54 Å². The van der Waals surface area contributed by atoms with E-state index in [0.717, 1.165) is 19.6 Å². The van der Waals surface area contributed by atoms with Gasteiger partial charge in [0.2, 0.25) is 0 Å².